The molecule has 2 nitrogen and oxygen atoms in total. The molecule has 0 aromatic heterocycles. The van der Waals surface area contributed by atoms with Crippen molar-refractivity contribution in [2.24, 2.45) is 10.9 Å². The fourth-order valence-electron chi connectivity index (χ4n) is 4.74. The molecular weight excluding hydrogens is 270 g/mol. The molecule has 0 amide bonds. The van der Waals surface area contributed by atoms with Gasteiger partial charge in [0.25, 0.3) is 0 Å². The van der Waals surface area contributed by atoms with Gasteiger partial charge in [-0.3, -0.25) is 4.99 Å². The van der Waals surface area contributed by atoms with E-state index >= 15 is 0 Å². The largest absolute Gasteiger partial charge is 0.381 e. The van der Waals surface area contributed by atoms with Gasteiger partial charge in [0.15, 0.2) is 0 Å². The molecule has 3 atom stereocenters. The highest BCUT2D eigenvalue weighted by atomic mass is 16.5. The van der Waals surface area contributed by atoms with E-state index in [1.165, 1.54) is 89.2 Å². The maximum atomic E-state index is 5.89. The molecule has 0 aromatic rings. The molecule has 1 heterocycles. The molecule has 2 heteroatoms. The molecule has 0 aromatic carbocycles. The van der Waals surface area contributed by atoms with Crippen molar-refractivity contribution in [2.75, 3.05) is 7.11 Å². The molecule has 0 radical (unpaired) electrons. The summed E-state index contributed by atoms with van der Waals surface area (Å²) in [5.74, 6) is 0.660. The monoisotopic (exact) mass is 307 g/mol. The number of methoxy groups -OCH3 is 1. The van der Waals surface area contributed by atoms with Crippen molar-refractivity contribution in [3.05, 3.63) is 0 Å². The van der Waals surface area contributed by atoms with Crippen molar-refractivity contribution in [2.45, 2.75) is 109 Å². The quantitative estimate of drug-likeness (QED) is 0.509. The van der Waals surface area contributed by atoms with Gasteiger partial charge in [-0.1, -0.05) is 39.5 Å². The van der Waals surface area contributed by atoms with Crippen LogP contribution in [0.2, 0.25) is 0 Å². The van der Waals surface area contributed by atoms with E-state index in [2.05, 4.69) is 13.8 Å². The molecule has 0 bridgehead atoms. The third-order valence-electron chi connectivity index (χ3n) is 5.93. The van der Waals surface area contributed by atoms with E-state index in [1.807, 2.05) is 7.11 Å². The van der Waals surface area contributed by atoms with Gasteiger partial charge in [0, 0.05) is 18.7 Å². The van der Waals surface area contributed by atoms with E-state index < -0.39 is 0 Å². The summed E-state index contributed by atoms with van der Waals surface area (Å²) in [6.07, 6.45) is 17.4. The number of aliphatic imine (C=N–C) groups is 1. The first-order valence-electron chi connectivity index (χ1n) is 9.86. The van der Waals surface area contributed by atoms with Crippen LogP contribution < -0.4 is 0 Å². The van der Waals surface area contributed by atoms with Crippen molar-refractivity contribution in [1.29, 1.82) is 0 Å². The second-order valence-corrected chi connectivity index (χ2v) is 7.51. The zero-order chi connectivity index (χ0) is 15.8. The van der Waals surface area contributed by atoms with Crippen LogP contribution in [-0.4, -0.2) is 24.5 Å². The van der Waals surface area contributed by atoms with Gasteiger partial charge in [-0.05, 0) is 57.8 Å². The first-order valence-corrected chi connectivity index (χ1v) is 9.86. The van der Waals surface area contributed by atoms with Crippen LogP contribution in [-0.2, 0) is 4.74 Å². The van der Waals surface area contributed by atoms with Gasteiger partial charge in [-0.15, -0.1) is 0 Å². The van der Waals surface area contributed by atoms with Gasteiger partial charge >= 0.3 is 0 Å². The molecule has 1 aliphatic carbocycles. The molecule has 2 rings (SSSR count). The van der Waals surface area contributed by atoms with Crippen LogP contribution in [0.1, 0.15) is 97.3 Å². The first kappa shape index (κ1) is 18.0. The molecule has 1 spiro atoms. The van der Waals surface area contributed by atoms with Crippen LogP contribution in [0.5, 0.6) is 0 Å². The molecular formula is C20H37NO. The molecule has 1 saturated carbocycles. The lowest BCUT2D eigenvalue weighted by atomic mass is 9.66. The summed E-state index contributed by atoms with van der Waals surface area (Å²) < 4.78 is 5.89. The van der Waals surface area contributed by atoms with E-state index in [9.17, 15) is 0 Å². The average Bonchev–Trinajstić information content (AvgIpc) is 2.54. The van der Waals surface area contributed by atoms with E-state index in [0.29, 0.717) is 12.0 Å². The summed E-state index contributed by atoms with van der Waals surface area (Å²) in [5.41, 5.74) is 1.76. The normalized spacial score (nSPS) is 32.2. The molecule has 0 N–H and O–H groups in total. The van der Waals surface area contributed by atoms with Crippen molar-refractivity contribution in [3.8, 4) is 0 Å². The predicted octanol–water partition coefficient (Wildman–Crippen LogP) is 5.94. The van der Waals surface area contributed by atoms with Gasteiger partial charge in [0.2, 0.25) is 0 Å². The Morgan fingerprint density at radius 3 is 2.59 bits per heavy atom. The Morgan fingerprint density at radius 2 is 1.86 bits per heavy atom. The second kappa shape index (κ2) is 9.05. The minimum atomic E-state index is 0.230. The molecule has 2 aliphatic rings. The standard InChI is InChI=1S/C20H37NO/c1-4-6-8-11-17-12-9-15-20(21-17)16-10-14-19(22-3)18(20)13-7-5-2/h18-19H,4-16H2,1-3H3. The molecule has 22 heavy (non-hydrogen) atoms. The predicted molar refractivity (Wildman–Crippen MR) is 95.8 cm³/mol. The summed E-state index contributed by atoms with van der Waals surface area (Å²) in [7, 11) is 1.91. The Kier molecular flexibility index (Phi) is 7.40. The van der Waals surface area contributed by atoms with Crippen LogP contribution in [0.4, 0.5) is 0 Å². The van der Waals surface area contributed by atoms with Gasteiger partial charge in [0.1, 0.15) is 0 Å². The maximum absolute atomic E-state index is 5.89. The number of rotatable bonds is 8. The Labute approximate surface area is 138 Å². The molecule has 128 valence electrons. The molecule has 3 unspecified atom stereocenters. The van der Waals surface area contributed by atoms with Crippen LogP contribution in [0.15, 0.2) is 4.99 Å². The van der Waals surface area contributed by atoms with E-state index in [0.717, 1.165) is 0 Å². The zero-order valence-electron chi connectivity index (χ0n) is 15.2. The minimum Gasteiger partial charge on any atom is -0.381 e. The molecule has 1 aliphatic heterocycles. The van der Waals surface area contributed by atoms with E-state index in [-0.39, 0.29) is 5.54 Å². The summed E-state index contributed by atoms with van der Waals surface area (Å²) >= 11 is 0. The van der Waals surface area contributed by atoms with Crippen molar-refractivity contribution in [3.63, 3.8) is 0 Å². The lowest BCUT2D eigenvalue weighted by Crippen LogP contribution is -2.49. The van der Waals surface area contributed by atoms with Crippen molar-refractivity contribution >= 4 is 5.71 Å². The van der Waals surface area contributed by atoms with Crippen LogP contribution in [0, 0.1) is 5.92 Å². The van der Waals surface area contributed by atoms with Crippen LogP contribution in [0.25, 0.3) is 0 Å². The van der Waals surface area contributed by atoms with E-state index in [4.69, 9.17) is 9.73 Å². The Hall–Kier alpha value is -0.370. The summed E-state index contributed by atoms with van der Waals surface area (Å²) in [6, 6.07) is 0. The van der Waals surface area contributed by atoms with Gasteiger partial charge in [-0.25, -0.2) is 0 Å². The summed E-state index contributed by atoms with van der Waals surface area (Å²) in [4.78, 5) is 5.41. The smallest absolute Gasteiger partial charge is 0.0660 e. The van der Waals surface area contributed by atoms with Gasteiger partial charge in [-0.2, -0.15) is 0 Å². The number of nitrogens with zero attached hydrogens (tertiary/aromatic N) is 1. The van der Waals surface area contributed by atoms with Crippen LogP contribution >= 0.6 is 0 Å². The number of unbranched alkanes of at least 4 members (excludes halogenated alkanes) is 3. The van der Waals surface area contributed by atoms with Crippen LogP contribution in [0.3, 0.4) is 0 Å². The highest BCUT2D eigenvalue weighted by Gasteiger charge is 2.46. The number of hydrogen-bond acceptors (Lipinski definition) is 2. The maximum Gasteiger partial charge on any atom is 0.0660 e. The lowest BCUT2D eigenvalue weighted by Gasteiger charge is -2.47. The Bertz CT molecular complexity index is 352. The number of hydrogen-bond donors (Lipinski definition) is 0. The van der Waals surface area contributed by atoms with Gasteiger partial charge in [0.05, 0.1) is 11.6 Å². The Morgan fingerprint density at radius 1 is 1.09 bits per heavy atom. The first-order chi connectivity index (χ1) is 10.8. The number of ether oxygens (including phenoxy) is 1. The summed E-state index contributed by atoms with van der Waals surface area (Å²) in [6.45, 7) is 4.59. The highest BCUT2D eigenvalue weighted by Crippen LogP contribution is 2.46. The van der Waals surface area contributed by atoms with Crippen molar-refractivity contribution in [1.82, 2.24) is 0 Å². The van der Waals surface area contributed by atoms with Crippen molar-refractivity contribution < 1.29 is 4.74 Å². The second-order valence-electron chi connectivity index (χ2n) is 7.51. The van der Waals surface area contributed by atoms with E-state index in [1.54, 1.807) is 0 Å². The third-order valence-corrected chi connectivity index (χ3v) is 5.93. The SMILES string of the molecule is CCCCCC1=NC2(CCC1)CCCC(OC)C2CCCC. The minimum absolute atomic E-state index is 0.230. The topological polar surface area (TPSA) is 21.6 Å². The third kappa shape index (κ3) is 4.34. The Balaban J connectivity index is 2.13. The summed E-state index contributed by atoms with van der Waals surface area (Å²) in [5, 5.41) is 0. The van der Waals surface area contributed by atoms with Gasteiger partial charge < -0.3 is 4.74 Å². The average molecular weight is 308 g/mol. The zero-order valence-corrected chi connectivity index (χ0v) is 15.2. The fourth-order valence-corrected chi connectivity index (χ4v) is 4.74. The molecule has 0 saturated heterocycles. The fraction of sp³-hybridized carbons (Fsp3) is 0.950. The lowest BCUT2D eigenvalue weighted by molar-refractivity contribution is -0.0239. The highest BCUT2D eigenvalue weighted by molar-refractivity contribution is 5.85. The molecule has 1 fully saturated rings.